The van der Waals surface area contributed by atoms with Crippen LogP contribution < -0.4 is 0 Å². The van der Waals surface area contributed by atoms with Gasteiger partial charge in [0.1, 0.15) is 0 Å². The third kappa shape index (κ3) is 2.81. The van der Waals surface area contributed by atoms with Gasteiger partial charge in [0.05, 0.1) is 12.9 Å². The maximum Gasteiger partial charge on any atom is 0.0921 e. The van der Waals surface area contributed by atoms with Crippen LogP contribution in [-0.4, -0.2) is 15.1 Å². The fraction of sp³-hybridized carbons (Fsp3) is 0.182. The Labute approximate surface area is 94.6 Å². The van der Waals surface area contributed by atoms with E-state index >= 15 is 0 Å². The zero-order chi connectivity index (χ0) is 9.80. The summed E-state index contributed by atoms with van der Waals surface area (Å²) in [5.74, 6) is 0. The molecule has 0 atom stereocenters. The van der Waals surface area contributed by atoms with E-state index in [1.165, 1.54) is 0 Å². The van der Waals surface area contributed by atoms with E-state index in [4.69, 9.17) is 5.11 Å². The van der Waals surface area contributed by atoms with E-state index in [9.17, 15) is 0 Å². The smallest absolute Gasteiger partial charge is 0.0921 e. The van der Waals surface area contributed by atoms with Crippen molar-refractivity contribution in [3.05, 3.63) is 53.6 Å². The first kappa shape index (κ1) is 11.8. The quantitative estimate of drug-likeness (QED) is 0.837. The molecule has 2 rings (SSSR count). The summed E-state index contributed by atoms with van der Waals surface area (Å²) in [5.41, 5.74) is 3.17. The largest absolute Gasteiger partial charge is 0.392 e. The number of aliphatic hydroxyl groups excluding tert-OH is 1. The molecular formula is C11H13ClN2O. The number of aliphatic hydroxyl groups is 1. The number of aromatic nitrogens is 2. The van der Waals surface area contributed by atoms with E-state index in [0.717, 1.165) is 23.2 Å². The Hall–Kier alpha value is -1.32. The summed E-state index contributed by atoms with van der Waals surface area (Å²) >= 11 is 0. The summed E-state index contributed by atoms with van der Waals surface area (Å²) in [7, 11) is 0. The van der Waals surface area contributed by atoms with Crippen molar-refractivity contribution in [2.75, 3.05) is 0 Å². The summed E-state index contributed by atoms with van der Waals surface area (Å²) in [5, 5.41) is 9.12. The van der Waals surface area contributed by atoms with Crippen LogP contribution in [0.25, 0.3) is 0 Å². The average molecular weight is 225 g/mol. The van der Waals surface area contributed by atoms with Gasteiger partial charge in [0, 0.05) is 18.3 Å². The third-order valence-corrected chi connectivity index (χ3v) is 2.22. The fourth-order valence-electron chi connectivity index (χ4n) is 1.47. The number of rotatable bonds is 3. The summed E-state index contributed by atoms with van der Waals surface area (Å²) in [6.07, 6.45) is 4.25. The molecule has 0 aliphatic carbocycles. The fourth-order valence-corrected chi connectivity index (χ4v) is 1.47. The molecule has 0 radical (unpaired) electrons. The molecule has 1 aromatic carbocycles. The van der Waals surface area contributed by atoms with Crippen LogP contribution in [0.15, 0.2) is 36.8 Å². The Bertz CT molecular complexity index is 401. The molecule has 1 heterocycles. The van der Waals surface area contributed by atoms with Crippen molar-refractivity contribution in [3.63, 3.8) is 0 Å². The van der Waals surface area contributed by atoms with Crippen molar-refractivity contribution in [3.8, 4) is 0 Å². The number of aromatic amines is 1. The number of nitrogens with one attached hydrogen (secondary N) is 1. The molecule has 0 amide bonds. The molecule has 0 aliphatic rings. The maximum atomic E-state index is 9.12. The molecule has 2 N–H and O–H groups in total. The SMILES string of the molecule is Cl.OCc1ccccc1Cc1cnc[nH]1. The van der Waals surface area contributed by atoms with Crippen molar-refractivity contribution >= 4 is 12.4 Å². The van der Waals surface area contributed by atoms with E-state index in [-0.39, 0.29) is 19.0 Å². The van der Waals surface area contributed by atoms with Gasteiger partial charge in [0.15, 0.2) is 0 Å². The van der Waals surface area contributed by atoms with Gasteiger partial charge in [-0.25, -0.2) is 4.98 Å². The molecule has 2 aromatic rings. The number of hydrogen-bond acceptors (Lipinski definition) is 2. The first-order valence-electron chi connectivity index (χ1n) is 4.55. The normalized spacial score (nSPS) is 9.67. The van der Waals surface area contributed by atoms with Gasteiger partial charge in [0.25, 0.3) is 0 Å². The molecule has 4 heteroatoms. The highest BCUT2D eigenvalue weighted by Crippen LogP contribution is 2.12. The van der Waals surface area contributed by atoms with E-state index in [0.29, 0.717) is 0 Å². The van der Waals surface area contributed by atoms with Crippen LogP contribution in [0.4, 0.5) is 0 Å². The summed E-state index contributed by atoms with van der Waals surface area (Å²) in [4.78, 5) is 7.00. The molecule has 0 fully saturated rings. The van der Waals surface area contributed by atoms with Crippen molar-refractivity contribution in [2.24, 2.45) is 0 Å². The Morgan fingerprint density at radius 2 is 1.93 bits per heavy atom. The molecule has 0 saturated heterocycles. The van der Waals surface area contributed by atoms with Gasteiger partial charge in [-0.1, -0.05) is 24.3 Å². The standard InChI is InChI=1S/C11H12N2O.ClH/c14-7-10-4-2-1-3-9(10)5-11-6-12-8-13-11;/h1-4,6,8,14H,5,7H2,(H,12,13);1H. The second-order valence-corrected chi connectivity index (χ2v) is 3.18. The number of benzene rings is 1. The Morgan fingerprint density at radius 1 is 1.20 bits per heavy atom. The molecule has 0 aliphatic heterocycles. The predicted molar refractivity (Wildman–Crippen MR) is 61.0 cm³/mol. The van der Waals surface area contributed by atoms with Crippen LogP contribution in [0.5, 0.6) is 0 Å². The van der Waals surface area contributed by atoms with Gasteiger partial charge in [-0.3, -0.25) is 0 Å². The highest BCUT2D eigenvalue weighted by molar-refractivity contribution is 5.85. The lowest BCUT2D eigenvalue weighted by molar-refractivity contribution is 0.281. The van der Waals surface area contributed by atoms with E-state index in [1.807, 2.05) is 24.3 Å². The summed E-state index contributed by atoms with van der Waals surface area (Å²) in [6.45, 7) is 0.0876. The number of hydrogen-bond donors (Lipinski definition) is 2. The lowest BCUT2D eigenvalue weighted by Crippen LogP contribution is -1.95. The number of nitrogens with zero attached hydrogens (tertiary/aromatic N) is 1. The lowest BCUT2D eigenvalue weighted by atomic mass is 10.0. The minimum atomic E-state index is 0. The molecule has 0 unspecified atom stereocenters. The molecular weight excluding hydrogens is 212 g/mol. The number of H-pyrrole nitrogens is 1. The summed E-state index contributed by atoms with van der Waals surface area (Å²) in [6, 6.07) is 7.87. The zero-order valence-electron chi connectivity index (χ0n) is 8.18. The predicted octanol–water partition coefficient (Wildman–Crippen LogP) is 1.91. The highest BCUT2D eigenvalue weighted by Gasteiger charge is 2.02. The van der Waals surface area contributed by atoms with E-state index in [2.05, 4.69) is 9.97 Å². The molecule has 1 aromatic heterocycles. The highest BCUT2D eigenvalue weighted by atomic mass is 35.5. The maximum absolute atomic E-state index is 9.12. The molecule has 0 bridgehead atoms. The van der Waals surface area contributed by atoms with Crippen LogP contribution in [0.3, 0.4) is 0 Å². The van der Waals surface area contributed by atoms with Gasteiger partial charge >= 0.3 is 0 Å². The number of imidazole rings is 1. The van der Waals surface area contributed by atoms with Crippen LogP contribution in [-0.2, 0) is 13.0 Å². The van der Waals surface area contributed by atoms with Gasteiger partial charge < -0.3 is 10.1 Å². The van der Waals surface area contributed by atoms with Crippen molar-refractivity contribution in [2.45, 2.75) is 13.0 Å². The first-order valence-corrected chi connectivity index (χ1v) is 4.55. The van der Waals surface area contributed by atoms with Crippen molar-refractivity contribution in [1.29, 1.82) is 0 Å². The second-order valence-electron chi connectivity index (χ2n) is 3.18. The van der Waals surface area contributed by atoms with Crippen molar-refractivity contribution < 1.29 is 5.11 Å². The van der Waals surface area contributed by atoms with Crippen LogP contribution in [0.1, 0.15) is 16.8 Å². The molecule has 0 saturated carbocycles. The van der Waals surface area contributed by atoms with Gasteiger partial charge in [0.2, 0.25) is 0 Å². The average Bonchev–Trinajstić information content (AvgIpc) is 2.71. The zero-order valence-corrected chi connectivity index (χ0v) is 9.00. The molecule has 0 spiro atoms. The van der Waals surface area contributed by atoms with Crippen molar-refractivity contribution in [1.82, 2.24) is 9.97 Å². The molecule has 3 nitrogen and oxygen atoms in total. The minimum absolute atomic E-state index is 0. The van der Waals surface area contributed by atoms with Gasteiger partial charge in [-0.15, -0.1) is 12.4 Å². The van der Waals surface area contributed by atoms with Crippen LogP contribution in [0.2, 0.25) is 0 Å². The van der Waals surface area contributed by atoms with Gasteiger partial charge in [-0.05, 0) is 11.1 Å². The van der Waals surface area contributed by atoms with Crippen LogP contribution in [0, 0.1) is 0 Å². The van der Waals surface area contributed by atoms with E-state index in [1.54, 1.807) is 12.5 Å². The molecule has 80 valence electrons. The monoisotopic (exact) mass is 224 g/mol. The lowest BCUT2D eigenvalue weighted by Gasteiger charge is -2.04. The minimum Gasteiger partial charge on any atom is -0.392 e. The topological polar surface area (TPSA) is 48.9 Å². The Kier molecular flexibility index (Phi) is 4.34. The first-order chi connectivity index (χ1) is 6.90. The summed E-state index contributed by atoms with van der Waals surface area (Å²) < 4.78 is 0. The van der Waals surface area contributed by atoms with Crippen LogP contribution >= 0.6 is 12.4 Å². The van der Waals surface area contributed by atoms with Gasteiger partial charge in [-0.2, -0.15) is 0 Å². The van der Waals surface area contributed by atoms with E-state index < -0.39 is 0 Å². The number of halogens is 1. The second kappa shape index (κ2) is 5.53. The Morgan fingerprint density at radius 3 is 2.53 bits per heavy atom. The Balaban J connectivity index is 0.00000112. The molecule has 15 heavy (non-hydrogen) atoms. The third-order valence-electron chi connectivity index (χ3n) is 2.22.